The second-order valence-corrected chi connectivity index (χ2v) is 14.1. The molecule has 5 aliphatic rings. The summed E-state index contributed by atoms with van der Waals surface area (Å²) in [5.74, 6) is 3.73. The Morgan fingerprint density at radius 3 is 2.27 bits per heavy atom. The highest BCUT2D eigenvalue weighted by atomic mass is 16.5. The number of ketones is 1. The van der Waals surface area contributed by atoms with Crippen LogP contribution in [0, 0.1) is 29.6 Å². The summed E-state index contributed by atoms with van der Waals surface area (Å²) in [6.45, 7) is 11.3. The fourth-order valence-corrected chi connectivity index (χ4v) is 8.99. The van der Waals surface area contributed by atoms with Crippen molar-refractivity contribution in [3.63, 3.8) is 0 Å². The Kier molecular flexibility index (Phi) is 9.83. The second-order valence-electron chi connectivity index (χ2n) is 14.1. The van der Waals surface area contributed by atoms with Crippen LogP contribution >= 0.6 is 0 Å². The van der Waals surface area contributed by atoms with Gasteiger partial charge in [0.05, 0.1) is 31.6 Å². The molecule has 2 saturated heterocycles. The lowest BCUT2D eigenvalue weighted by atomic mass is 9.60. The first-order valence-corrected chi connectivity index (χ1v) is 17.0. The average molecular weight is 566 g/mol. The molecule has 3 aliphatic carbocycles. The van der Waals surface area contributed by atoms with E-state index in [0.29, 0.717) is 36.2 Å². The molecule has 0 spiro atoms. The first kappa shape index (κ1) is 29.7. The van der Waals surface area contributed by atoms with Crippen molar-refractivity contribution in [1.82, 2.24) is 15.5 Å². The van der Waals surface area contributed by atoms with E-state index >= 15 is 0 Å². The zero-order chi connectivity index (χ0) is 28.3. The van der Waals surface area contributed by atoms with Crippen LogP contribution in [0.3, 0.4) is 0 Å². The van der Waals surface area contributed by atoms with Gasteiger partial charge in [-0.05, 0) is 126 Å². The van der Waals surface area contributed by atoms with Crippen molar-refractivity contribution in [3.8, 4) is 0 Å². The molecule has 0 radical (unpaired) electrons. The summed E-state index contributed by atoms with van der Waals surface area (Å²) in [5.41, 5.74) is 2.71. The van der Waals surface area contributed by atoms with Crippen LogP contribution in [0.5, 0.6) is 0 Å². The van der Waals surface area contributed by atoms with Gasteiger partial charge in [0.2, 0.25) is 0 Å². The van der Waals surface area contributed by atoms with Crippen LogP contribution in [0.2, 0.25) is 0 Å². The van der Waals surface area contributed by atoms with Gasteiger partial charge in [-0.15, -0.1) is 0 Å². The average Bonchev–Trinajstić information content (AvgIpc) is 2.97. The minimum absolute atomic E-state index is 0.256. The summed E-state index contributed by atoms with van der Waals surface area (Å²) in [6, 6.07) is 10.3. The number of ether oxygens (including phenoxy) is 2. The summed E-state index contributed by atoms with van der Waals surface area (Å²) in [4.78, 5) is 14.1. The largest absolute Gasteiger partial charge is 0.377 e. The van der Waals surface area contributed by atoms with E-state index in [2.05, 4.69) is 53.6 Å². The number of Topliss-reactive ketones (excluding diaryl/α,β-unsaturated/α-hetero) is 1. The highest BCUT2D eigenvalue weighted by Gasteiger charge is 2.49. The standard InChI is InChI=1S/C35H55N3O3/c1-4-25-5-7-26(8-6-25)22-41-30-10-12-32-28(19-30)9-11-33-34(36-24(3)37-35(32)33)27-13-15-38(16-14-27)17-18-40-31-20-29(21-31)23(2)39/h5-8,24,27-37H,4,9-22H2,1-3H3. The van der Waals surface area contributed by atoms with E-state index < -0.39 is 0 Å². The number of hydrogen-bond donors (Lipinski definition) is 2. The summed E-state index contributed by atoms with van der Waals surface area (Å²) in [7, 11) is 0. The van der Waals surface area contributed by atoms with E-state index in [9.17, 15) is 4.79 Å². The molecule has 0 aromatic heterocycles. The molecule has 3 saturated carbocycles. The quantitative estimate of drug-likeness (QED) is 0.400. The molecule has 7 unspecified atom stereocenters. The number of piperidine rings is 1. The number of nitrogens with zero attached hydrogens (tertiary/aromatic N) is 1. The number of carbonyl (C=O) groups is 1. The Hall–Kier alpha value is -1.31. The van der Waals surface area contributed by atoms with Gasteiger partial charge in [-0.3, -0.25) is 15.4 Å². The first-order valence-electron chi connectivity index (χ1n) is 17.0. The Bertz CT molecular complexity index is 987. The van der Waals surface area contributed by atoms with E-state index in [0.717, 1.165) is 62.7 Å². The van der Waals surface area contributed by atoms with E-state index in [4.69, 9.17) is 9.47 Å². The maximum Gasteiger partial charge on any atom is 0.133 e. The van der Waals surface area contributed by atoms with Gasteiger partial charge in [-0.2, -0.15) is 0 Å². The molecule has 1 aromatic carbocycles. The van der Waals surface area contributed by atoms with Crippen molar-refractivity contribution in [2.24, 2.45) is 29.6 Å². The molecule has 6 heteroatoms. The van der Waals surface area contributed by atoms with Gasteiger partial charge < -0.3 is 14.4 Å². The predicted molar refractivity (Wildman–Crippen MR) is 164 cm³/mol. The maximum atomic E-state index is 11.5. The fourth-order valence-electron chi connectivity index (χ4n) is 8.99. The monoisotopic (exact) mass is 565 g/mol. The van der Waals surface area contributed by atoms with Gasteiger partial charge >= 0.3 is 0 Å². The molecule has 0 amide bonds. The SMILES string of the molecule is CCc1ccc(COC2CCC3C(CCC4C(C5CCN(CCOC6CC(C(C)=O)C6)CC5)NC(C)NC34)C2)cc1. The second kappa shape index (κ2) is 13.5. The summed E-state index contributed by atoms with van der Waals surface area (Å²) in [6.07, 6.45) is 13.2. The minimum Gasteiger partial charge on any atom is -0.377 e. The molecule has 1 aromatic rings. The molecule has 5 fully saturated rings. The Morgan fingerprint density at radius 1 is 0.829 bits per heavy atom. The lowest BCUT2D eigenvalue weighted by molar-refractivity contribution is -0.129. The molecule has 2 heterocycles. The third-order valence-electron chi connectivity index (χ3n) is 11.6. The molecule has 2 aliphatic heterocycles. The number of benzene rings is 1. The zero-order valence-electron chi connectivity index (χ0n) is 25.9. The van der Waals surface area contributed by atoms with Gasteiger partial charge in [0.25, 0.3) is 0 Å². The summed E-state index contributed by atoms with van der Waals surface area (Å²) >= 11 is 0. The van der Waals surface area contributed by atoms with E-state index in [1.54, 1.807) is 6.92 Å². The number of fused-ring (bicyclic) bond motifs is 3. The number of aryl methyl sites for hydroxylation is 1. The van der Waals surface area contributed by atoms with Gasteiger partial charge in [-0.25, -0.2) is 0 Å². The van der Waals surface area contributed by atoms with Gasteiger partial charge in [0, 0.05) is 24.5 Å². The number of hydrogen-bond acceptors (Lipinski definition) is 6. The molecule has 6 nitrogen and oxygen atoms in total. The third kappa shape index (κ3) is 7.09. The van der Waals surface area contributed by atoms with Crippen LogP contribution in [0.4, 0.5) is 0 Å². The van der Waals surface area contributed by atoms with Crippen molar-refractivity contribution in [3.05, 3.63) is 35.4 Å². The van der Waals surface area contributed by atoms with Gasteiger partial charge in [0.1, 0.15) is 5.78 Å². The van der Waals surface area contributed by atoms with E-state index in [1.165, 1.54) is 69.2 Å². The van der Waals surface area contributed by atoms with Crippen molar-refractivity contribution in [2.45, 2.75) is 122 Å². The molecule has 6 rings (SSSR count). The number of rotatable bonds is 10. The van der Waals surface area contributed by atoms with Crippen molar-refractivity contribution < 1.29 is 14.3 Å². The summed E-state index contributed by atoms with van der Waals surface area (Å²) < 4.78 is 12.5. The highest BCUT2D eigenvalue weighted by molar-refractivity contribution is 5.79. The smallest absolute Gasteiger partial charge is 0.133 e. The van der Waals surface area contributed by atoms with Crippen LogP contribution < -0.4 is 10.6 Å². The molecule has 2 N–H and O–H groups in total. The van der Waals surface area contributed by atoms with Crippen molar-refractivity contribution in [1.29, 1.82) is 0 Å². The van der Waals surface area contributed by atoms with Crippen LogP contribution in [0.1, 0.15) is 89.7 Å². The Morgan fingerprint density at radius 2 is 1.54 bits per heavy atom. The topological polar surface area (TPSA) is 62.8 Å². The minimum atomic E-state index is 0.256. The lowest BCUT2D eigenvalue weighted by Gasteiger charge is -2.55. The molecule has 7 atom stereocenters. The number of nitrogens with one attached hydrogen (secondary N) is 2. The van der Waals surface area contributed by atoms with Crippen LogP contribution in [-0.4, -0.2) is 67.4 Å². The number of likely N-dealkylation sites (tertiary alicyclic amines) is 1. The van der Waals surface area contributed by atoms with Crippen LogP contribution in [-0.2, 0) is 27.3 Å². The van der Waals surface area contributed by atoms with Crippen molar-refractivity contribution in [2.75, 3.05) is 26.2 Å². The third-order valence-corrected chi connectivity index (χ3v) is 11.6. The van der Waals surface area contributed by atoms with Crippen LogP contribution in [0.15, 0.2) is 24.3 Å². The molecular formula is C35H55N3O3. The Labute approximate surface area is 248 Å². The lowest BCUT2D eigenvalue weighted by Crippen LogP contribution is -2.68. The number of carbonyl (C=O) groups excluding carboxylic acids is 1. The molecule has 0 bridgehead atoms. The predicted octanol–water partition coefficient (Wildman–Crippen LogP) is 5.33. The fraction of sp³-hybridized carbons (Fsp3) is 0.800. The summed E-state index contributed by atoms with van der Waals surface area (Å²) in [5, 5.41) is 8.07. The van der Waals surface area contributed by atoms with Crippen molar-refractivity contribution >= 4 is 5.78 Å². The first-order chi connectivity index (χ1) is 20.0. The molecule has 228 valence electrons. The Balaban J connectivity index is 0.951. The zero-order valence-corrected chi connectivity index (χ0v) is 25.9. The molecule has 41 heavy (non-hydrogen) atoms. The van der Waals surface area contributed by atoms with Gasteiger partial charge in [0.15, 0.2) is 0 Å². The molecular weight excluding hydrogens is 510 g/mol. The van der Waals surface area contributed by atoms with E-state index in [1.807, 2.05) is 0 Å². The normalized spacial score (nSPS) is 38.1. The van der Waals surface area contributed by atoms with Crippen LogP contribution in [0.25, 0.3) is 0 Å². The highest BCUT2D eigenvalue weighted by Crippen LogP contribution is 2.47. The maximum absolute atomic E-state index is 11.5. The van der Waals surface area contributed by atoms with E-state index in [-0.39, 0.29) is 5.92 Å². The van der Waals surface area contributed by atoms with Gasteiger partial charge in [-0.1, -0.05) is 31.2 Å².